The number of alkyl carbamates (subject to hydrolysis) is 1. The number of anilines is 1. The summed E-state index contributed by atoms with van der Waals surface area (Å²) in [4.78, 5) is 29.4. The molecule has 3 heterocycles. The number of nitrogens with two attached hydrogens (primary N) is 1. The zero-order valence-corrected chi connectivity index (χ0v) is 26.0. The van der Waals surface area contributed by atoms with Crippen LogP contribution in [0.4, 0.5) is 23.7 Å². The molecule has 5 N–H and O–H groups in total. The molecule has 2 fully saturated rings. The maximum Gasteiger partial charge on any atom is 0.407 e. The summed E-state index contributed by atoms with van der Waals surface area (Å²) in [6, 6.07) is 9.78. The Kier molecular flexibility index (Phi) is 11.9. The molecule has 2 amide bonds. The molecule has 2 aromatic carbocycles. The number of amides is 2. The van der Waals surface area contributed by atoms with Crippen molar-refractivity contribution < 1.29 is 32.2 Å². The molecular weight excluding hydrogens is 619 g/mol. The van der Waals surface area contributed by atoms with E-state index in [0.717, 1.165) is 24.1 Å². The first-order valence-electron chi connectivity index (χ1n) is 15.3. The van der Waals surface area contributed by atoms with Crippen molar-refractivity contribution in [2.24, 2.45) is 11.7 Å². The van der Waals surface area contributed by atoms with E-state index in [1.54, 1.807) is 0 Å². The smallest absolute Gasteiger partial charge is 0.407 e. The summed E-state index contributed by atoms with van der Waals surface area (Å²) in [5, 5.41) is 8.85. The number of carbonyl (C=O) groups is 2. The maximum absolute atomic E-state index is 15.0. The molecule has 5 rings (SSSR count). The topological polar surface area (TPSA) is 128 Å². The zero-order valence-electron chi connectivity index (χ0n) is 25.2. The Bertz CT molecular complexity index is 1410. The second-order valence-corrected chi connectivity index (χ2v) is 12.7. The van der Waals surface area contributed by atoms with E-state index in [0.29, 0.717) is 43.2 Å². The van der Waals surface area contributed by atoms with Crippen LogP contribution in [-0.2, 0) is 20.7 Å². The van der Waals surface area contributed by atoms with E-state index in [-0.39, 0.29) is 36.4 Å². The lowest BCUT2D eigenvalue weighted by molar-refractivity contribution is -0.117. The molecular formula is C33H38F3N5O4S. The number of rotatable bonds is 12. The number of carbonyl (C=O) groups excluding carboxylic acids is 2. The normalized spacial score (nSPS) is 20.3. The average Bonchev–Trinajstić information content (AvgIpc) is 3.59. The highest BCUT2D eigenvalue weighted by Crippen LogP contribution is 2.30. The van der Waals surface area contributed by atoms with E-state index < -0.39 is 41.4 Å². The lowest BCUT2D eigenvalue weighted by Gasteiger charge is -2.30. The monoisotopic (exact) mass is 657 g/mol. The van der Waals surface area contributed by atoms with Gasteiger partial charge in [0.15, 0.2) is 0 Å². The van der Waals surface area contributed by atoms with Crippen LogP contribution in [0.3, 0.4) is 0 Å². The summed E-state index contributed by atoms with van der Waals surface area (Å²) in [5.41, 5.74) is 8.00. The first-order valence-corrected chi connectivity index (χ1v) is 16.5. The Hall–Kier alpha value is -3.65. The number of nitrogens with zero attached hydrogens (tertiary/aromatic N) is 1. The molecule has 1 aromatic heterocycles. The second-order valence-electron chi connectivity index (χ2n) is 11.6. The number of hydrogen-bond acceptors (Lipinski definition) is 8. The van der Waals surface area contributed by atoms with Gasteiger partial charge in [-0.25, -0.2) is 18.0 Å². The third kappa shape index (κ3) is 9.21. The van der Waals surface area contributed by atoms with Crippen LogP contribution in [0, 0.1) is 23.4 Å². The Morgan fingerprint density at radius 1 is 1.07 bits per heavy atom. The molecule has 13 heteroatoms. The van der Waals surface area contributed by atoms with Crippen molar-refractivity contribution in [3.8, 4) is 0 Å². The fraction of sp³-hybridized carbons (Fsp3) is 0.424. The molecule has 246 valence electrons. The van der Waals surface area contributed by atoms with Crippen LogP contribution < -0.4 is 21.7 Å². The highest BCUT2D eigenvalue weighted by Gasteiger charge is 2.29. The van der Waals surface area contributed by atoms with Gasteiger partial charge in [0.2, 0.25) is 5.91 Å². The van der Waals surface area contributed by atoms with Gasteiger partial charge in [-0.3, -0.25) is 9.78 Å². The van der Waals surface area contributed by atoms with Gasteiger partial charge in [-0.15, -0.1) is 0 Å². The molecule has 9 nitrogen and oxygen atoms in total. The van der Waals surface area contributed by atoms with Gasteiger partial charge in [-0.1, -0.05) is 24.3 Å². The number of pyridine rings is 1. The molecule has 4 atom stereocenters. The van der Waals surface area contributed by atoms with Gasteiger partial charge in [0.25, 0.3) is 0 Å². The number of nitrogens with one attached hydrogen (secondary N) is 3. The molecule has 0 bridgehead atoms. The predicted molar refractivity (Wildman–Crippen MR) is 170 cm³/mol. The molecule has 0 saturated carbocycles. The van der Waals surface area contributed by atoms with E-state index >= 15 is 0 Å². The van der Waals surface area contributed by atoms with Crippen LogP contribution in [0.25, 0.3) is 0 Å². The summed E-state index contributed by atoms with van der Waals surface area (Å²) in [7, 11) is 0. The Morgan fingerprint density at radius 2 is 1.76 bits per heavy atom. The Morgan fingerprint density at radius 3 is 2.37 bits per heavy atom. The van der Waals surface area contributed by atoms with Gasteiger partial charge in [-0.05, 0) is 72.1 Å². The Balaban J connectivity index is 1.15. The minimum Gasteiger partial charge on any atom is -0.448 e. The van der Waals surface area contributed by atoms with Crippen molar-refractivity contribution in [1.82, 2.24) is 15.6 Å². The van der Waals surface area contributed by atoms with E-state index in [1.165, 1.54) is 54.7 Å². The van der Waals surface area contributed by atoms with E-state index in [4.69, 9.17) is 15.2 Å². The molecule has 2 saturated heterocycles. The van der Waals surface area contributed by atoms with Crippen molar-refractivity contribution in [2.75, 3.05) is 43.1 Å². The zero-order chi connectivity index (χ0) is 32.5. The number of halogens is 3. The number of aromatic nitrogens is 1. The van der Waals surface area contributed by atoms with Gasteiger partial charge in [0.1, 0.15) is 24.1 Å². The van der Waals surface area contributed by atoms with Crippen LogP contribution in [0.1, 0.15) is 35.4 Å². The fourth-order valence-corrected chi connectivity index (χ4v) is 6.89. The lowest BCUT2D eigenvalue weighted by atomic mass is 9.85. The van der Waals surface area contributed by atoms with Crippen LogP contribution in [0.5, 0.6) is 0 Å². The van der Waals surface area contributed by atoms with Crippen molar-refractivity contribution in [2.45, 2.75) is 43.4 Å². The standard InChI is InChI=1S/C33H38F3N5O4S/c34-23-5-1-21(2-6-23)30(22-3-7-24(35)8-4-22)31(37)32(42)41-29-16-38-15-28(36)27(29)10-9-26-14-39-25(17-44-26)18-45-33(43)40-13-20-11-12-46-19-20/h1-8,15-16,20,25-26,30-31,39H,9-14,17-19,37H2,(H,40,43)(H,41,42)/t20?,25-,26+,31-/m0/s1. The highest BCUT2D eigenvalue weighted by molar-refractivity contribution is 7.99. The SMILES string of the molecule is N[C@H](C(=O)Nc1cncc(F)c1CC[C@@H]1CN[C@H](COC(=O)NCC2CCSC2)CO1)C(c1ccc(F)cc1)c1ccc(F)cc1. The Labute approximate surface area is 270 Å². The first-order chi connectivity index (χ1) is 22.3. The fourth-order valence-electron chi connectivity index (χ4n) is 5.60. The number of ether oxygens (including phenoxy) is 2. The molecule has 2 aliphatic rings. The number of thioether (sulfide) groups is 1. The molecule has 0 radical (unpaired) electrons. The lowest BCUT2D eigenvalue weighted by Crippen LogP contribution is -2.49. The number of benzene rings is 2. The van der Waals surface area contributed by atoms with Crippen LogP contribution >= 0.6 is 11.8 Å². The summed E-state index contributed by atoms with van der Waals surface area (Å²) >= 11 is 1.89. The number of hydrogen-bond donors (Lipinski definition) is 4. The van der Waals surface area contributed by atoms with E-state index in [1.807, 2.05) is 11.8 Å². The first kappa shape index (κ1) is 33.7. The quantitative estimate of drug-likeness (QED) is 0.226. The summed E-state index contributed by atoms with van der Waals surface area (Å²) in [5.74, 6) is -0.163. The molecule has 1 unspecified atom stereocenters. The van der Waals surface area contributed by atoms with Crippen LogP contribution in [-0.4, -0.2) is 73.0 Å². The average molecular weight is 658 g/mol. The largest absolute Gasteiger partial charge is 0.448 e. The van der Waals surface area contributed by atoms with E-state index in [2.05, 4.69) is 20.9 Å². The second kappa shape index (κ2) is 16.3. The highest BCUT2D eigenvalue weighted by atomic mass is 32.2. The molecule has 3 aromatic rings. The van der Waals surface area contributed by atoms with Crippen molar-refractivity contribution >= 4 is 29.4 Å². The van der Waals surface area contributed by atoms with Crippen LogP contribution in [0.2, 0.25) is 0 Å². The summed E-state index contributed by atoms with van der Waals surface area (Å²) < 4.78 is 53.6. The minimum absolute atomic E-state index is 0.159. The third-order valence-corrected chi connectivity index (χ3v) is 9.47. The summed E-state index contributed by atoms with van der Waals surface area (Å²) in [6.07, 6.45) is 3.56. The van der Waals surface area contributed by atoms with Gasteiger partial charge < -0.3 is 31.2 Å². The minimum atomic E-state index is -1.18. The van der Waals surface area contributed by atoms with Crippen molar-refractivity contribution in [1.29, 1.82) is 0 Å². The van der Waals surface area contributed by atoms with Crippen molar-refractivity contribution in [3.05, 3.63) is 95.1 Å². The predicted octanol–water partition coefficient (Wildman–Crippen LogP) is 4.37. The molecule has 2 aliphatic heterocycles. The van der Waals surface area contributed by atoms with Gasteiger partial charge in [-0.2, -0.15) is 11.8 Å². The number of morpholine rings is 1. The van der Waals surface area contributed by atoms with Gasteiger partial charge >= 0.3 is 6.09 Å². The van der Waals surface area contributed by atoms with Crippen molar-refractivity contribution in [3.63, 3.8) is 0 Å². The maximum atomic E-state index is 15.0. The van der Waals surface area contributed by atoms with E-state index in [9.17, 15) is 22.8 Å². The van der Waals surface area contributed by atoms with Gasteiger partial charge in [0, 0.05) is 24.6 Å². The van der Waals surface area contributed by atoms with Gasteiger partial charge in [0.05, 0.1) is 42.9 Å². The molecule has 0 spiro atoms. The molecule has 46 heavy (non-hydrogen) atoms. The summed E-state index contributed by atoms with van der Waals surface area (Å²) in [6.45, 7) is 1.59. The van der Waals surface area contributed by atoms with Crippen LogP contribution in [0.15, 0.2) is 60.9 Å². The molecule has 0 aliphatic carbocycles. The third-order valence-electron chi connectivity index (χ3n) is 8.24.